The molecule has 0 bridgehead atoms. The summed E-state index contributed by atoms with van der Waals surface area (Å²) in [7, 11) is 2.91. The summed E-state index contributed by atoms with van der Waals surface area (Å²) in [6.07, 6.45) is 0. The van der Waals surface area contributed by atoms with Crippen LogP contribution in [0.1, 0.15) is 194 Å². The summed E-state index contributed by atoms with van der Waals surface area (Å²) >= 11 is 0. The van der Waals surface area contributed by atoms with E-state index in [2.05, 4.69) is 0 Å². The molecular formula is C65H122O23. The monoisotopic (exact) mass is 1270 g/mol. The van der Waals surface area contributed by atoms with Crippen molar-refractivity contribution in [2.45, 2.75) is 317 Å². The molecular weight excluding hydrogens is 1150 g/mol. The molecule has 0 spiro atoms. The van der Waals surface area contributed by atoms with Gasteiger partial charge in [0.2, 0.25) is 0 Å². The third-order valence-electron chi connectivity index (χ3n) is 27.3. The predicted molar refractivity (Wildman–Crippen MR) is 325 cm³/mol. The number of aliphatic hydroxyl groups is 12. The molecule has 0 aromatic carbocycles. The molecule has 5 aliphatic heterocycles. The van der Waals surface area contributed by atoms with Gasteiger partial charge in [-0.25, -0.2) is 0 Å². The molecule has 88 heavy (non-hydrogen) atoms. The van der Waals surface area contributed by atoms with Gasteiger partial charge in [-0.3, -0.25) is 0 Å². The van der Waals surface area contributed by atoms with Crippen molar-refractivity contribution in [3.63, 3.8) is 0 Å². The fraction of sp³-hybridized carbons (Fsp3) is 1.00. The van der Waals surface area contributed by atoms with Crippen molar-refractivity contribution in [2.24, 2.45) is 16.2 Å². The van der Waals surface area contributed by atoms with Crippen molar-refractivity contribution in [3.8, 4) is 0 Å². The summed E-state index contributed by atoms with van der Waals surface area (Å²) in [6.45, 7) is 39.2. The van der Waals surface area contributed by atoms with E-state index in [-0.39, 0.29) is 26.4 Å². The molecule has 0 aliphatic carbocycles. The Morgan fingerprint density at radius 2 is 0.398 bits per heavy atom. The van der Waals surface area contributed by atoms with Gasteiger partial charge in [0.25, 0.3) is 0 Å². The van der Waals surface area contributed by atoms with Gasteiger partial charge in [0.1, 0.15) is 106 Å². The van der Waals surface area contributed by atoms with Crippen LogP contribution < -0.4 is 0 Å². The zero-order valence-electron chi connectivity index (χ0n) is 59.4. The first-order valence-electron chi connectivity index (χ1n) is 31.0. The van der Waals surface area contributed by atoms with E-state index in [4.69, 9.17) is 52.1 Å². The molecule has 0 aromatic heterocycles. The van der Waals surface area contributed by atoms with Crippen molar-refractivity contribution in [3.05, 3.63) is 0 Å². The van der Waals surface area contributed by atoms with Crippen LogP contribution in [0, 0.1) is 16.2 Å². The Labute approximate surface area is 525 Å². The lowest BCUT2D eigenvalue weighted by molar-refractivity contribution is -0.420. The van der Waals surface area contributed by atoms with E-state index >= 15 is 0 Å². The third-order valence-corrected chi connectivity index (χ3v) is 27.3. The number of hydrogen-bond acceptors (Lipinski definition) is 23. The van der Waals surface area contributed by atoms with E-state index in [1.54, 1.807) is 96.9 Å². The molecule has 23 heteroatoms. The quantitative estimate of drug-likeness (QED) is 0.0833. The van der Waals surface area contributed by atoms with Crippen molar-refractivity contribution in [1.82, 2.24) is 0 Å². The standard InChI is InChI=1S/C65H122O23/c1-41(2)44(7,31-78-29)56(19,68)60(23,72)50(13,84-41)37-80-32-46(9)48(11,36-83-39-52(15)63(26,75)65(28,77)55(18,67)43(5,6)86-52)88-53(16,61(24,73)58(46,21)70)40-81-33-45(8)47(10,87-49(12,34-79-30)59(22,71)57(45,20)69)35-82-38-51(14)62(25,74)64(27,76)54(17,66)42(3,4)85-51/h66-77H,31-40H2,1-30H3/t44-,45-,46+,47?,48?,49+,50+,51-,52+,53-,54+,55-,56-,57-,58+,59?,60?,61?,62?,63+,64-,65?/m1/s1. The average molecular weight is 1270 g/mol. The molecule has 22 atom stereocenters. The topological polar surface area (TPSA) is 344 Å². The zero-order valence-corrected chi connectivity index (χ0v) is 59.4. The first-order valence-corrected chi connectivity index (χ1v) is 31.0. The SMILES string of the molecule is COC[C@]1(C)OC(C)(COC[C@@]2(C)OC(C)(C)[C@](C)(O)[C@@](C)(O)C2(C)O)[C@@](C)(COC[C@@]2(C)OC(C)(COC[C@]3(C)OC(C)(C)[C@@](C)(O)C(C)(O)[C@@]3(C)O)[C@](C)(COC[C@]3(C)OC(C)(C)[C@@](C)(COC)[C@@](C)(O)C3(C)O)[C@](C)(O)C2(C)O)[C@@](C)(O)C1(C)O. The van der Waals surface area contributed by atoms with Crippen LogP contribution in [0.4, 0.5) is 0 Å². The molecule has 5 saturated heterocycles. The number of methoxy groups -OCH3 is 2. The number of ether oxygens (including phenoxy) is 11. The maximum atomic E-state index is 13.5. The summed E-state index contributed by atoms with van der Waals surface area (Å²) in [5, 5.41) is 149. The second-order valence-electron chi connectivity index (χ2n) is 33.4. The lowest BCUT2D eigenvalue weighted by Gasteiger charge is -2.69. The maximum Gasteiger partial charge on any atom is 0.124 e. The van der Waals surface area contributed by atoms with Gasteiger partial charge in [0.05, 0.1) is 99.1 Å². The van der Waals surface area contributed by atoms with Crippen LogP contribution in [-0.4, -0.2) is 265 Å². The molecule has 0 saturated carbocycles. The molecule has 5 rings (SSSR count). The molecule has 5 heterocycles. The summed E-state index contributed by atoms with van der Waals surface area (Å²) in [5.41, 5.74) is -46.0. The van der Waals surface area contributed by atoms with E-state index in [1.165, 1.54) is 111 Å². The normalized spacial score (nSPS) is 56.2. The van der Waals surface area contributed by atoms with Crippen LogP contribution >= 0.6 is 0 Å². The second-order valence-corrected chi connectivity index (χ2v) is 33.4. The van der Waals surface area contributed by atoms with Gasteiger partial charge in [0, 0.05) is 14.2 Å². The first-order chi connectivity index (χ1) is 38.5. The highest BCUT2D eigenvalue weighted by Gasteiger charge is 2.80. The van der Waals surface area contributed by atoms with E-state index in [9.17, 15) is 61.3 Å². The second kappa shape index (κ2) is 21.5. The highest BCUT2D eigenvalue weighted by Crippen LogP contribution is 2.64. The Kier molecular flexibility index (Phi) is 19.0. The highest BCUT2D eigenvalue weighted by molar-refractivity contribution is 5.28. The molecule has 5 aliphatic rings. The maximum absolute atomic E-state index is 13.5. The van der Waals surface area contributed by atoms with Gasteiger partial charge in [-0.05, 0) is 173 Å². The minimum Gasteiger partial charge on any atom is -0.386 e. The number of hydrogen-bond donors (Lipinski definition) is 12. The average Bonchev–Trinajstić information content (AvgIpc) is 0.724. The van der Waals surface area contributed by atoms with E-state index in [0.29, 0.717) is 0 Å². The predicted octanol–water partition coefficient (Wildman–Crippen LogP) is 3.17. The molecule has 0 amide bonds. The van der Waals surface area contributed by atoms with Crippen molar-refractivity contribution >= 4 is 0 Å². The summed E-state index contributed by atoms with van der Waals surface area (Å²) < 4.78 is 71.7. The van der Waals surface area contributed by atoms with Gasteiger partial charge >= 0.3 is 0 Å². The summed E-state index contributed by atoms with van der Waals surface area (Å²) in [5.74, 6) is 0. The van der Waals surface area contributed by atoms with Gasteiger partial charge in [-0.1, -0.05) is 20.8 Å². The third kappa shape index (κ3) is 9.69. The first kappa shape index (κ1) is 77.8. The van der Waals surface area contributed by atoms with Crippen LogP contribution in [0.15, 0.2) is 0 Å². The van der Waals surface area contributed by atoms with Crippen LogP contribution in [0.25, 0.3) is 0 Å². The lowest BCUT2D eigenvalue weighted by atomic mass is 9.52. The Balaban J connectivity index is 1.60. The van der Waals surface area contributed by atoms with Gasteiger partial charge < -0.3 is 113 Å². The van der Waals surface area contributed by atoms with Gasteiger partial charge in [-0.15, -0.1) is 0 Å². The molecule has 23 nitrogen and oxygen atoms in total. The van der Waals surface area contributed by atoms with Crippen LogP contribution in [0.5, 0.6) is 0 Å². The highest BCUT2D eigenvalue weighted by atomic mass is 16.6. The molecule has 5 fully saturated rings. The smallest absolute Gasteiger partial charge is 0.124 e. The van der Waals surface area contributed by atoms with Crippen LogP contribution in [0.3, 0.4) is 0 Å². The minimum absolute atomic E-state index is 0.0219. The van der Waals surface area contributed by atoms with E-state index in [1.807, 2.05) is 0 Å². The molecule has 0 aromatic rings. The molecule has 520 valence electrons. The molecule has 7 unspecified atom stereocenters. The largest absolute Gasteiger partial charge is 0.386 e. The van der Waals surface area contributed by atoms with Crippen LogP contribution in [0.2, 0.25) is 0 Å². The Hall–Kier alpha value is -0.920. The van der Waals surface area contributed by atoms with Crippen molar-refractivity contribution in [1.29, 1.82) is 0 Å². The van der Waals surface area contributed by atoms with E-state index in [0.717, 1.165) is 0 Å². The zero-order chi connectivity index (χ0) is 69.3. The molecule has 0 radical (unpaired) electrons. The Bertz CT molecular complexity index is 2550. The van der Waals surface area contributed by atoms with Crippen molar-refractivity contribution < 1.29 is 113 Å². The molecule has 12 N–H and O–H groups in total. The minimum atomic E-state index is -2.31. The number of rotatable bonds is 20. The van der Waals surface area contributed by atoms with Gasteiger partial charge in [-0.2, -0.15) is 0 Å². The fourth-order valence-electron chi connectivity index (χ4n) is 16.1. The lowest BCUT2D eigenvalue weighted by Crippen LogP contribution is -2.84. The summed E-state index contributed by atoms with van der Waals surface area (Å²) in [4.78, 5) is 0. The Morgan fingerprint density at radius 3 is 0.670 bits per heavy atom. The van der Waals surface area contributed by atoms with Gasteiger partial charge in [0.15, 0.2) is 0 Å². The fourth-order valence-corrected chi connectivity index (χ4v) is 16.1. The Morgan fingerprint density at radius 1 is 0.193 bits per heavy atom. The van der Waals surface area contributed by atoms with Crippen LogP contribution in [-0.2, 0) is 52.1 Å². The van der Waals surface area contributed by atoms with Crippen molar-refractivity contribution in [2.75, 3.05) is 80.3 Å². The van der Waals surface area contributed by atoms with E-state index < -0.39 is 179 Å². The summed E-state index contributed by atoms with van der Waals surface area (Å²) in [6, 6.07) is 0.